The largest absolute Gasteiger partial charge is 0.489 e. The van der Waals surface area contributed by atoms with Crippen molar-refractivity contribution < 1.29 is 18.6 Å². The van der Waals surface area contributed by atoms with Crippen LogP contribution in [0.3, 0.4) is 0 Å². The lowest BCUT2D eigenvalue weighted by Crippen LogP contribution is -1.97. The van der Waals surface area contributed by atoms with Crippen LogP contribution < -0.4 is 19.9 Å². The molecule has 5 heteroatoms. The Bertz CT molecular complexity index is 595. The zero-order valence-corrected chi connectivity index (χ0v) is 10.1. The third kappa shape index (κ3) is 2.54. The van der Waals surface area contributed by atoms with Crippen LogP contribution in [0, 0.1) is 5.82 Å². The molecule has 0 aliphatic carbocycles. The molecule has 98 valence electrons. The molecule has 2 N–H and O–H groups in total. The standard InChI is InChI=1S/C14H12FNO3/c15-10-4-11(16)6-12(5-10)17-7-9-1-2-13-14(3-9)19-8-18-13/h1-6H,7-8,16H2. The van der Waals surface area contributed by atoms with Crippen LogP contribution in [-0.2, 0) is 6.61 Å². The molecule has 0 amide bonds. The summed E-state index contributed by atoms with van der Waals surface area (Å²) in [6.45, 7) is 0.541. The molecule has 0 saturated carbocycles. The molecule has 19 heavy (non-hydrogen) atoms. The molecule has 2 aromatic rings. The van der Waals surface area contributed by atoms with Crippen LogP contribution in [0.2, 0.25) is 0 Å². The second-order valence-corrected chi connectivity index (χ2v) is 4.20. The topological polar surface area (TPSA) is 53.7 Å². The summed E-state index contributed by atoms with van der Waals surface area (Å²) in [5.41, 5.74) is 6.79. The average Bonchev–Trinajstić information content (AvgIpc) is 2.82. The second-order valence-electron chi connectivity index (χ2n) is 4.20. The SMILES string of the molecule is Nc1cc(F)cc(OCc2ccc3c(c2)OCO3)c1. The van der Waals surface area contributed by atoms with Crippen LogP contribution in [0.25, 0.3) is 0 Å². The third-order valence-electron chi connectivity index (χ3n) is 2.74. The summed E-state index contributed by atoms with van der Waals surface area (Å²) < 4.78 is 29.1. The van der Waals surface area contributed by atoms with Gasteiger partial charge in [0, 0.05) is 17.8 Å². The highest BCUT2D eigenvalue weighted by molar-refractivity contribution is 5.46. The number of ether oxygens (including phenoxy) is 3. The zero-order chi connectivity index (χ0) is 13.2. The first-order valence-electron chi connectivity index (χ1n) is 5.78. The van der Waals surface area contributed by atoms with Crippen LogP contribution in [0.4, 0.5) is 10.1 Å². The number of hydrogen-bond acceptors (Lipinski definition) is 4. The first-order chi connectivity index (χ1) is 9.20. The van der Waals surface area contributed by atoms with E-state index in [9.17, 15) is 4.39 Å². The zero-order valence-electron chi connectivity index (χ0n) is 10.1. The van der Waals surface area contributed by atoms with Gasteiger partial charge < -0.3 is 19.9 Å². The molecule has 0 unspecified atom stereocenters. The van der Waals surface area contributed by atoms with E-state index >= 15 is 0 Å². The molecule has 3 rings (SSSR count). The van der Waals surface area contributed by atoms with Crippen molar-refractivity contribution >= 4 is 5.69 Å². The highest BCUT2D eigenvalue weighted by atomic mass is 19.1. The van der Waals surface area contributed by atoms with Crippen LogP contribution in [0.5, 0.6) is 17.2 Å². The number of fused-ring (bicyclic) bond motifs is 1. The minimum atomic E-state index is -0.416. The number of rotatable bonds is 3. The summed E-state index contributed by atoms with van der Waals surface area (Å²) in [6.07, 6.45) is 0. The summed E-state index contributed by atoms with van der Waals surface area (Å²) in [6, 6.07) is 9.65. The van der Waals surface area contributed by atoms with Gasteiger partial charge in [0.25, 0.3) is 0 Å². The van der Waals surface area contributed by atoms with E-state index in [-0.39, 0.29) is 6.79 Å². The van der Waals surface area contributed by atoms with Crippen molar-refractivity contribution in [2.24, 2.45) is 0 Å². The van der Waals surface area contributed by atoms with Gasteiger partial charge in [-0.15, -0.1) is 0 Å². The van der Waals surface area contributed by atoms with Gasteiger partial charge in [0.05, 0.1) is 0 Å². The number of anilines is 1. The fourth-order valence-corrected chi connectivity index (χ4v) is 1.87. The van der Waals surface area contributed by atoms with E-state index in [0.717, 1.165) is 11.3 Å². The first kappa shape index (κ1) is 11.6. The van der Waals surface area contributed by atoms with E-state index in [1.54, 1.807) is 6.07 Å². The number of halogens is 1. The van der Waals surface area contributed by atoms with Crippen molar-refractivity contribution in [2.75, 3.05) is 12.5 Å². The van der Waals surface area contributed by atoms with Gasteiger partial charge in [-0.1, -0.05) is 6.07 Å². The Morgan fingerprint density at radius 2 is 1.95 bits per heavy atom. The van der Waals surface area contributed by atoms with Gasteiger partial charge in [-0.05, 0) is 23.8 Å². The average molecular weight is 261 g/mol. The van der Waals surface area contributed by atoms with Gasteiger partial charge in [-0.2, -0.15) is 0 Å². The molecule has 0 fully saturated rings. The lowest BCUT2D eigenvalue weighted by atomic mass is 10.2. The molecule has 0 aromatic heterocycles. The van der Waals surface area contributed by atoms with E-state index in [2.05, 4.69) is 0 Å². The Balaban J connectivity index is 1.72. The Morgan fingerprint density at radius 1 is 1.11 bits per heavy atom. The summed E-state index contributed by atoms with van der Waals surface area (Å²) in [5.74, 6) is 1.40. The van der Waals surface area contributed by atoms with E-state index < -0.39 is 5.82 Å². The van der Waals surface area contributed by atoms with Crippen molar-refractivity contribution in [3.8, 4) is 17.2 Å². The molecule has 1 aliphatic rings. The molecule has 1 aliphatic heterocycles. The Kier molecular flexibility index (Phi) is 2.87. The summed E-state index contributed by atoms with van der Waals surface area (Å²) in [4.78, 5) is 0. The molecule has 0 spiro atoms. The number of nitrogen functional groups attached to an aromatic ring is 1. The summed E-state index contributed by atoms with van der Waals surface area (Å²) >= 11 is 0. The second kappa shape index (κ2) is 4.68. The van der Waals surface area contributed by atoms with Crippen molar-refractivity contribution in [3.05, 3.63) is 47.8 Å². The number of nitrogens with two attached hydrogens (primary N) is 1. The molecule has 2 aromatic carbocycles. The van der Waals surface area contributed by atoms with Crippen LogP contribution in [0.1, 0.15) is 5.56 Å². The number of hydrogen-bond donors (Lipinski definition) is 1. The van der Waals surface area contributed by atoms with Gasteiger partial charge >= 0.3 is 0 Å². The first-order valence-corrected chi connectivity index (χ1v) is 5.78. The van der Waals surface area contributed by atoms with Gasteiger partial charge in [-0.3, -0.25) is 0 Å². The maximum Gasteiger partial charge on any atom is 0.231 e. The molecular weight excluding hydrogens is 249 g/mol. The summed E-state index contributed by atoms with van der Waals surface area (Å²) in [7, 11) is 0. The summed E-state index contributed by atoms with van der Waals surface area (Å²) in [5, 5.41) is 0. The van der Waals surface area contributed by atoms with Crippen molar-refractivity contribution in [1.29, 1.82) is 0 Å². The van der Waals surface area contributed by atoms with Crippen molar-refractivity contribution in [3.63, 3.8) is 0 Å². The smallest absolute Gasteiger partial charge is 0.231 e. The van der Waals surface area contributed by atoms with E-state index in [0.29, 0.717) is 23.8 Å². The molecule has 4 nitrogen and oxygen atoms in total. The lowest BCUT2D eigenvalue weighted by Gasteiger charge is -2.08. The molecule has 1 heterocycles. The fraction of sp³-hybridized carbons (Fsp3) is 0.143. The van der Waals surface area contributed by atoms with E-state index in [1.165, 1.54) is 12.1 Å². The Hall–Kier alpha value is -2.43. The molecule has 0 bridgehead atoms. The van der Waals surface area contributed by atoms with Gasteiger partial charge in [-0.25, -0.2) is 4.39 Å². The highest BCUT2D eigenvalue weighted by Gasteiger charge is 2.13. The Morgan fingerprint density at radius 3 is 2.79 bits per heavy atom. The maximum atomic E-state index is 13.1. The maximum absolute atomic E-state index is 13.1. The molecule has 0 radical (unpaired) electrons. The van der Waals surface area contributed by atoms with Crippen molar-refractivity contribution in [1.82, 2.24) is 0 Å². The van der Waals surface area contributed by atoms with Crippen LogP contribution in [-0.4, -0.2) is 6.79 Å². The molecular formula is C14H12FNO3. The number of benzene rings is 2. The minimum absolute atomic E-state index is 0.236. The van der Waals surface area contributed by atoms with Gasteiger partial charge in [0.1, 0.15) is 18.2 Å². The quantitative estimate of drug-likeness (QED) is 0.863. The van der Waals surface area contributed by atoms with Crippen LogP contribution >= 0.6 is 0 Å². The Labute approximate surface area is 109 Å². The molecule has 0 saturated heterocycles. The normalized spacial score (nSPS) is 12.5. The highest BCUT2D eigenvalue weighted by Crippen LogP contribution is 2.32. The van der Waals surface area contributed by atoms with E-state index in [1.807, 2.05) is 18.2 Å². The predicted octanol–water partition coefficient (Wildman–Crippen LogP) is 2.72. The van der Waals surface area contributed by atoms with E-state index in [4.69, 9.17) is 19.9 Å². The lowest BCUT2D eigenvalue weighted by molar-refractivity contribution is 0.174. The predicted molar refractivity (Wildman–Crippen MR) is 67.7 cm³/mol. The third-order valence-corrected chi connectivity index (χ3v) is 2.74. The molecule has 0 atom stereocenters. The fourth-order valence-electron chi connectivity index (χ4n) is 1.87. The van der Waals surface area contributed by atoms with Gasteiger partial charge in [0.15, 0.2) is 11.5 Å². The minimum Gasteiger partial charge on any atom is -0.489 e. The monoisotopic (exact) mass is 261 g/mol. The van der Waals surface area contributed by atoms with Crippen molar-refractivity contribution in [2.45, 2.75) is 6.61 Å². The van der Waals surface area contributed by atoms with Gasteiger partial charge in [0.2, 0.25) is 6.79 Å². The van der Waals surface area contributed by atoms with Crippen LogP contribution in [0.15, 0.2) is 36.4 Å².